The van der Waals surface area contributed by atoms with E-state index in [9.17, 15) is 4.79 Å². The normalized spacial score (nSPS) is 14.5. The number of nitrogen functional groups attached to an aromatic ring is 1. The minimum atomic E-state index is -0.0254. The maximum absolute atomic E-state index is 12.3. The summed E-state index contributed by atoms with van der Waals surface area (Å²) in [5, 5.41) is 4.11. The first-order chi connectivity index (χ1) is 9.93. The molecule has 0 unspecified atom stereocenters. The second-order valence-electron chi connectivity index (χ2n) is 5.66. The van der Waals surface area contributed by atoms with Crippen molar-refractivity contribution < 1.29 is 4.79 Å². The van der Waals surface area contributed by atoms with E-state index in [0.717, 1.165) is 35.8 Å². The molecule has 0 aliphatic heterocycles. The Morgan fingerprint density at radius 3 is 2.57 bits per heavy atom. The molecule has 0 radical (unpaired) electrons. The number of anilines is 2. The Morgan fingerprint density at radius 2 is 2.05 bits per heavy atom. The molecule has 0 atom stereocenters. The Kier molecular flexibility index (Phi) is 5.40. The summed E-state index contributed by atoms with van der Waals surface area (Å²) < 4.78 is 0. The van der Waals surface area contributed by atoms with Gasteiger partial charge in [-0.05, 0) is 33.2 Å². The van der Waals surface area contributed by atoms with Gasteiger partial charge >= 0.3 is 0 Å². The summed E-state index contributed by atoms with van der Waals surface area (Å²) in [5.41, 5.74) is 6.82. The van der Waals surface area contributed by atoms with Gasteiger partial charge in [0.1, 0.15) is 9.88 Å². The summed E-state index contributed by atoms with van der Waals surface area (Å²) in [6.07, 6.45) is 4.17. The third-order valence-corrected chi connectivity index (χ3v) is 5.70. The van der Waals surface area contributed by atoms with Crippen LogP contribution < -0.4 is 16.0 Å². The molecule has 1 heterocycles. The number of carbonyl (C=O) groups is 1. The van der Waals surface area contributed by atoms with E-state index in [4.69, 9.17) is 5.73 Å². The van der Waals surface area contributed by atoms with Crippen LogP contribution in [0.1, 0.15) is 22.5 Å². The molecule has 1 aliphatic rings. The molecule has 1 aliphatic carbocycles. The average molecular weight is 329 g/mol. The largest absolute Gasteiger partial charge is 0.396 e. The average Bonchev–Trinajstić information content (AvgIpc) is 3.17. The highest BCUT2D eigenvalue weighted by Crippen LogP contribution is 2.43. The summed E-state index contributed by atoms with van der Waals surface area (Å²) in [6.45, 7) is 1.87. The van der Waals surface area contributed by atoms with Gasteiger partial charge in [0.2, 0.25) is 0 Å². The van der Waals surface area contributed by atoms with Gasteiger partial charge in [-0.2, -0.15) is 0 Å². The quantitative estimate of drug-likeness (QED) is 0.749. The van der Waals surface area contributed by atoms with Crippen molar-refractivity contribution >= 4 is 39.7 Å². The third-order valence-electron chi connectivity index (χ3n) is 3.43. The second-order valence-corrected chi connectivity index (χ2v) is 7.47. The van der Waals surface area contributed by atoms with Crippen molar-refractivity contribution in [3.05, 3.63) is 4.88 Å². The van der Waals surface area contributed by atoms with E-state index in [1.807, 2.05) is 6.26 Å². The van der Waals surface area contributed by atoms with Crippen molar-refractivity contribution in [1.82, 2.24) is 10.2 Å². The number of nitrogens with one attached hydrogen (secondary N) is 1. The molecule has 0 aromatic carbocycles. The van der Waals surface area contributed by atoms with E-state index in [1.54, 1.807) is 11.8 Å². The van der Waals surface area contributed by atoms with Crippen molar-refractivity contribution in [1.29, 1.82) is 0 Å². The lowest BCUT2D eigenvalue weighted by molar-refractivity contribution is 0.0956. The van der Waals surface area contributed by atoms with Crippen molar-refractivity contribution in [3.8, 4) is 0 Å². The van der Waals surface area contributed by atoms with Gasteiger partial charge in [-0.3, -0.25) is 4.79 Å². The standard InChI is InChI=1S/C14H24N4OS2/c1-17(2)7-8-18(3)14-12(20-4)10(15)11(21-14)13(19)16-9-5-6-9/h9H,5-8,15H2,1-4H3,(H,16,19). The van der Waals surface area contributed by atoms with E-state index >= 15 is 0 Å². The molecule has 0 bridgehead atoms. The van der Waals surface area contributed by atoms with Gasteiger partial charge < -0.3 is 20.9 Å². The van der Waals surface area contributed by atoms with Gasteiger partial charge in [-0.1, -0.05) is 0 Å². The Bertz CT molecular complexity index is 511. The lowest BCUT2D eigenvalue weighted by atomic mass is 10.3. The Balaban J connectivity index is 2.17. The zero-order valence-corrected chi connectivity index (χ0v) is 14.7. The Labute approximate surface area is 134 Å². The van der Waals surface area contributed by atoms with Crippen LogP contribution in [-0.2, 0) is 0 Å². The van der Waals surface area contributed by atoms with Crippen LogP contribution in [0, 0.1) is 0 Å². The fourth-order valence-electron chi connectivity index (χ4n) is 1.96. The molecule has 118 valence electrons. The van der Waals surface area contributed by atoms with Crippen molar-refractivity contribution in [3.63, 3.8) is 0 Å². The molecular formula is C14H24N4OS2. The maximum Gasteiger partial charge on any atom is 0.263 e. The molecule has 1 saturated carbocycles. The van der Waals surface area contributed by atoms with Crippen LogP contribution in [0.4, 0.5) is 10.7 Å². The van der Waals surface area contributed by atoms with Crippen LogP contribution in [-0.4, -0.2) is 57.3 Å². The predicted octanol–water partition coefficient (Wildman–Crippen LogP) is 1.94. The molecule has 0 spiro atoms. The van der Waals surface area contributed by atoms with Crippen LogP contribution in [0.2, 0.25) is 0 Å². The number of likely N-dealkylation sites (N-methyl/N-ethyl adjacent to an activating group) is 2. The number of carbonyl (C=O) groups excluding carboxylic acids is 1. The molecule has 21 heavy (non-hydrogen) atoms. The minimum absolute atomic E-state index is 0.0254. The lowest BCUT2D eigenvalue weighted by Crippen LogP contribution is -2.28. The molecule has 1 aromatic heterocycles. The maximum atomic E-state index is 12.3. The van der Waals surface area contributed by atoms with Gasteiger partial charge in [-0.15, -0.1) is 23.1 Å². The van der Waals surface area contributed by atoms with Gasteiger partial charge in [-0.25, -0.2) is 0 Å². The molecule has 1 aromatic rings. The number of thiophene rings is 1. The summed E-state index contributed by atoms with van der Waals surface area (Å²) in [7, 11) is 6.16. The number of amides is 1. The fraction of sp³-hybridized carbons (Fsp3) is 0.643. The zero-order valence-electron chi connectivity index (χ0n) is 13.1. The fourth-order valence-corrected chi connectivity index (χ4v) is 4.06. The van der Waals surface area contributed by atoms with E-state index in [0.29, 0.717) is 16.6 Å². The number of nitrogens with zero attached hydrogens (tertiary/aromatic N) is 2. The van der Waals surface area contributed by atoms with Crippen LogP contribution in [0.15, 0.2) is 4.90 Å². The topological polar surface area (TPSA) is 61.6 Å². The van der Waals surface area contributed by atoms with E-state index in [-0.39, 0.29) is 5.91 Å². The second kappa shape index (κ2) is 6.89. The molecular weight excluding hydrogens is 304 g/mol. The molecule has 1 amide bonds. The predicted molar refractivity (Wildman–Crippen MR) is 92.8 cm³/mol. The summed E-state index contributed by atoms with van der Waals surface area (Å²) >= 11 is 3.11. The zero-order chi connectivity index (χ0) is 15.6. The Hall–Kier alpha value is -0.920. The van der Waals surface area contributed by atoms with Crippen LogP contribution in [0.5, 0.6) is 0 Å². The van der Waals surface area contributed by atoms with Crippen molar-refractivity contribution in [2.24, 2.45) is 0 Å². The molecule has 5 nitrogen and oxygen atoms in total. The van der Waals surface area contributed by atoms with Crippen LogP contribution in [0.25, 0.3) is 0 Å². The molecule has 0 saturated heterocycles. The number of hydrogen-bond donors (Lipinski definition) is 2. The first-order valence-electron chi connectivity index (χ1n) is 7.07. The van der Waals surface area contributed by atoms with Gasteiger partial charge in [0.25, 0.3) is 5.91 Å². The number of nitrogens with two attached hydrogens (primary N) is 1. The first-order valence-corrected chi connectivity index (χ1v) is 9.11. The highest BCUT2D eigenvalue weighted by atomic mass is 32.2. The van der Waals surface area contributed by atoms with Crippen LogP contribution in [0.3, 0.4) is 0 Å². The number of rotatable bonds is 7. The number of hydrogen-bond acceptors (Lipinski definition) is 6. The molecule has 3 N–H and O–H groups in total. The monoisotopic (exact) mass is 328 g/mol. The SMILES string of the molecule is CSc1c(N(C)CCN(C)C)sc(C(=O)NC2CC2)c1N. The number of thioether (sulfide) groups is 1. The lowest BCUT2D eigenvalue weighted by Gasteiger charge is -2.21. The van der Waals surface area contributed by atoms with Gasteiger partial charge in [0, 0.05) is 26.2 Å². The van der Waals surface area contributed by atoms with E-state index in [2.05, 4.69) is 36.3 Å². The van der Waals surface area contributed by atoms with Crippen molar-refractivity contribution in [2.45, 2.75) is 23.8 Å². The van der Waals surface area contributed by atoms with Crippen LogP contribution >= 0.6 is 23.1 Å². The van der Waals surface area contributed by atoms with E-state index in [1.165, 1.54) is 11.3 Å². The van der Waals surface area contributed by atoms with Crippen molar-refractivity contribution in [2.75, 3.05) is 51.1 Å². The third kappa shape index (κ3) is 4.05. The Morgan fingerprint density at radius 1 is 1.38 bits per heavy atom. The summed E-state index contributed by atoms with van der Waals surface area (Å²) in [5.74, 6) is -0.0254. The molecule has 2 rings (SSSR count). The summed E-state index contributed by atoms with van der Waals surface area (Å²) in [4.78, 5) is 18.3. The smallest absolute Gasteiger partial charge is 0.263 e. The van der Waals surface area contributed by atoms with E-state index < -0.39 is 0 Å². The summed E-state index contributed by atoms with van der Waals surface area (Å²) in [6, 6.07) is 0.353. The van der Waals surface area contributed by atoms with Gasteiger partial charge in [0.05, 0.1) is 10.6 Å². The van der Waals surface area contributed by atoms with Gasteiger partial charge in [0.15, 0.2) is 0 Å². The minimum Gasteiger partial charge on any atom is -0.396 e. The molecule has 1 fully saturated rings. The highest BCUT2D eigenvalue weighted by molar-refractivity contribution is 7.99. The highest BCUT2D eigenvalue weighted by Gasteiger charge is 2.28. The first kappa shape index (κ1) is 16.5. The molecule has 7 heteroatoms.